The molecule has 0 saturated carbocycles. The highest BCUT2D eigenvalue weighted by molar-refractivity contribution is 6.30. The number of nitrogens with zero attached hydrogens (tertiary/aromatic N) is 4. The second-order valence-electron chi connectivity index (χ2n) is 8.30. The third-order valence-corrected chi connectivity index (χ3v) is 6.48. The lowest BCUT2D eigenvalue weighted by Crippen LogP contribution is -2.23. The number of fused-ring (bicyclic) bond motifs is 1. The minimum atomic E-state index is -0.531. The van der Waals surface area contributed by atoms with Crippen LogP contribution in [0, 0.1) is 12.7 Å². The molecule has 5 rings (SSSR count). The van der Waals surface area contributed by atoms with Gasteiger partial charge in [0, 0.05) is 48.2 Å². The smallest absolute Gasteiger partial charge is 0.263 e. The van der Waals surface area contributed by atoms with Crippen LogP contribution in [0.25, 0.3) is 22.2 Å². The van der Waals surface area contributed by atoms with E-state index in [0.29, 0.717) is 29.8 Å². The Hall–Kier alpha value is -3.16. The first-order valence-electron chi connectivity index (χ1n) is 10.8. The number of halogens is 2. The van der Waals surface area contributed by atoms with Crippen LogP contribution in [0.1, 0.15) is 41.9 Å². The van der Waals surface area contributed by atoms with Crippen LogP contribution in [0.3, 0.4) is 0 Å². The van der Waals surface area contributed by atoms with E-state index < -0.39 is 5.82 Å². The molecule has 4 aromatic rings. The Morgan fingerprint density at radius 2 is 2.06 bits per heavy atom. The van der Waals surface area contributed by atoms with Crippen molar-refractivity contribution >= 4 is 22.5 Å². The van der Waals surface area contributed by atoms with Crippen LogP contribution in [0.2, 0.25) is 5.02 Å². The van der Waals surface area contributed by atoms with Gasteiger partial charge in [0.05, 0.1) is 22.7 Å². The van der Waals surface area contributed by atoms with Crippen molar-refractivity contribution in [3.63, 3.8) is 0 Å². The van der Waals surface area contributed by atoms with Gasteiger partial charge in [-0.1, -0.05) is 17.7 Å². The average molecular weight is 465 g/mol. The van der Waals surface area contributed by atoms with Crippen molar-refractivity contribution in [2.24, 2.45) is 7.05 Å². The number of pyridine rings is 2. The summed E-state index contributed by atoms with van der Waals surface area (Å²) in [6.45, 7) is 2.34. The van der Waals surface area contributed by atoms with Gasteiger partial charge in [0.25, 0.3) is 5.56 Å². The maximum Gasteiger partial charge on any atom is 0.263 e. The molecule has 0 amide bonds. The molecule has 0 spiro atoms. The number of hydrogen-bond acceptors (Lipinski definition) is 5. The van der Waals surface area contributed by atoms with Gasteiger partial charge in [-0.25, -0.2) is 9.37 Å². The molecule has 1 aliphatic rings. The second kappa shape index (κ2) is 8.65. The fourth-order valence-electron chi connectivity index (χ4n) is 4.36. The number of aryl methyl sites for hydroxylation is 1. The van der Waals surface area contributed by atoms with Crippen LogP contribution in [-0.4, -0.2) is 26.1 Å². The van der Waals surface area contributed by atoms with Gasteiger partial charge in [0.1, 0.15) is 11.6 Å². The monoisotopic (exact) mass is 464 g/mol. The summed E-state index contributed by atoms with van der Waals surface area (Å²) in [4.78, 5) is 26.8. The molecular formula is C25H22ClFN4O2. The molecule has 1 aromatic carbocycles. The van der Waals surface area contributed by atoms with Gasteiger partial charge in [-0.2, -0.15) is 0 Å². The lowest BCUT2D eigenvalue weighted by Gasteiger charge is -2.29. The van der Waals surface area contributed by atoms with E-state index in [4.69, 9.17) is 21.3 Å². The molecule has 1 saturated heterocycles. The zero-order valence-electron chi connectivity index (χ0n) is 18.3. The van der Waals surface area contributed by atoms with Crippen LogP contribution in [-0.2, 0) is 11.8 Å². The number of aromatic nitrogens is 4. The van der Waals surface area contributed by atoms with Crippen molar-refractivity contribution in [3.05, 3.63) is 87.1 Å². The van der Waals surface area contributed by atoms with Crippen LogP contribution in [0.5, 0.6) is 0 Å². The van der Waals surface area contributed by atoms with E-state index in [2.05, 4.69) is 9.97 Å². The van der Waals surface area contributed by atoms with Crippen LogP contribution < -0.4 is 5.56 Å². The highest BCUT2D eigenvalue weighted by atomic mass is 35.5. The highest BCUT2D eigenvalue weighted by Crippen LogP contribution is 2.38. The second-order valence-corrected chi connectivity index (χ2v) is 8.74. The van der Waals surface area contributed by atoms with Crippen molar-refractivity contribution < 1.29 is 9.13 Å². The Kier molecular flexibility index (Phi) is 5.68. The Bertz CT molecular complexity index is 1410. The van der Waals surface area contributed by atoms with Crippen molar-refractivity contribution in [3.8, 4) is 11.3 Å². The summed E-state index contributed by atoms with van der Waals surface area (Å²) in [5.74, 6) is 0.109. The fourth-order valence-corrected chi connectivity index (χ4v) is 4.52. The molecule has 33 heavy (non-hydrogen) atoms. The maximum absolute atomic E-state index is 15.0. The fraction of sp³-hybridized carbons (Fsp3) is 0.280. The molecule has 1 fully saturated rings. The number of benzene rings is 1. The van der Waals surface area contributed by atoms with E-state index in [1.807, 2.05) is 24.4 Å². The van der Waals surface area contributed by atoms with Gasteiger partial charge in [-0.15, -0.1) is 0 Å². The van der Waals surface area contributed by atoms with Crippen LogP contribution in [0.4, 0.5) is 4.39 Å². The average Bonchev–Trinajstić information content (AvgIpc) is 2.82. The lowest BCUT2D eigenvalue weighted by molar-refractivity contribution is 0.00449. The maximum atomic E-state index is 15.0. The lowest BCUT2D eigenvalue weighted by atomic mass is 9.89. The minimum Gasteiger partial charge on any atom is -0.373 e. The van der Waals surface area contributed by atoms with Gasteiger partial charge in [-0.05, 0) is 55.7 Å². The van der Waals surface area contributed by atoms with Crippen molar-refractivity contribution in [1.29, 1.82) is 0 Å². The minimum absolute atomic E-state index is 0.0635. The standard InChI is InChI=1S/C25H22ClFN4O2/c1-14-29-21-12-20(15-7-9-33-22(10-15)16-4-3-8-28-13-16)30-24(23(21)25(32)31(14)2)18-6-5-17(26)11-19(18)27/h3-6,8,11-13,15,22H,7,9-10H2,1-2H3/t15-,22+/m0/s1. The van der Waals surface area contributed by atoms with Gasteiger partial charge in [0.15, 0.2) is 0 Å². The number of rotatable bonds is 3. The topological polar surface area (TPSA) is 69.9 Å². The molecule has 0 N–H and O–H groups in total. The molecule has 0 unspecified atom stereocenters. The summed E-state index contributed by atoms with van der Waals surface area (Å²) in [5.41, 5.74) is 2.54. The van der Waals surface area contributed by atoms with Gasteiger partial charge < -0.3 is 4.74 Å². The van der Waals surface area contributed by atoms with E-state index in [1.165, 1.54) is 10.6 Å². The van der Waals surface area contributed by atoms with Crippen molar-refractivity contribution in [2.75, 3.05) is 6.61 Å². The van der Waals surface area contributed by atoms with Crippen LogP contribution in [0.15, 0.2) is 53.6 Å². The zero-order valence-corrected chi connectivity index (χ0v) is 19.0. The molecule has 168 valence electrons. The summed E-state index contributed by atoms with van der Waals surface area (Å²) in [6.07, 6.45) is 4.90. The van der Waals surface area contributed by atoms with Crippen molar-refractivity contribution in [2.45, 2.75) is 31.8 Å². The highest BCUT2D eigenvalue weighted by Gasteiger charge is 2.28. The summed E-state index contributed by atoms with van der Waals surface area (Å²) in [7, 11) is 1.65. The number of ether oxygens (including phenoxy) is 1. The summed E-state index contributed by atoms with van der Waals surface area (Å²) < 4.78 is 22.4. The van der Waals surface area contributed by atoms with Gasteiger partial charge in [0.2, 0.25) is 0 Å². The first kappa shape index (κ1) is 21.7. The molecule has 8 heteroatoms. The largest absolute Gasteiger partial charge is 0.373 e. The predicted molar refractivity (Wildman–Crippen MR) is 125 cm³/mol. The molecule has 1 aliphatic heterocycles. The van der Waals surface area contributed by atoms with Crippen LogP contribution >= 0.6 is 11.6 Å². The molecule has 3 aromatic heterocycles. The van der Waals surface area contributed by atoms with E-state index in [9.17, 15) is 9.18 Å². The number of hydrogen-bond donors (Lipinski definition) is 0. The Balaban J connectivity index is 1.67. The predicted octanol–water partition coefficient (Wildman–Crippen LogP) is 5.13. The molecular weight excluding hydrogens is 443 g/mol. The van der Waals surface area contributed by atoms with E-state index in [0.717, 1.165) is 17.7 Å². The Morgan fingerprint density at radius 3 is 2.82 bits per heavy atom. The van der Waals surface area contributed by atoms with Gasteiger partial charge >= 0.3 is 0 Å². The third-order valence-electron chi connectivity index (χ3n) is 6.25. The molecule has 4 heterocycles. The molecule has 0 bridgehead atoms. The molecule has 6 nitrogen and oxygen atoms in total. The SMILES string of the molecule is Cc1nc2cc([C@H]3CCO[C@@H](c4cccnc4)C3)nc(-c3ccc(Cl)cc3F)c2c(=O)n1C. The quantitative estimate of drug-likeness (QED) is 0.420. The zero-order chi connectivity index (χ0) is 23.1. The van der Waals surface area contributed by atoms with E-state index >= 15 is 0 Å². The van der Waals surface area contributed by atoms with Crippen molar-refractivity contribution in [1.82, 2.24) is 19.5 Å². The first-order chi connectivity index (χ1) is 15.9. The van der Waals surface area contributed by atoms with Gasteiger partial charge in [-0.3, -0.25) is 19.3 Å². The van der Waals surface area contributed by atoms with E-state index in [1.54, 1.807) is 32.3 Å². The third kappa shape index (κ3) is 4.03. The molecule has 0 aliphatic carbocycles. The Labute approximate surface area is 195 Å². The molecule has 2 atom stereocenters. The summed E-state index contributed by atoms with van der Waals surface area (Å²) >= 11 is 5.97. The summed E-state index contributed by atoms with van der Waals surface area (Å²) in [6, 6.07) is 10.1. The first-order valence-corrected chi connectivity index (χ1v) is 11.2. The normalized spacial score (nSPS) is 18.5. The summed E-state index contributed by atoms with van der Waals surface area (Å²) in [5, 5.41) is 0.575. The van der Waals surface area contributed by atoms with E-state index in [-0.39, 0.29) is 33.9 Å². The Morgan fingerprint density at radius 1 is 1.21 bits per heavy atom. The molecule has 0 radical (unpaired) electrons.